The van der Waals surface area contributed by atoms with E-state index in [1.165, 1.54) is 0 Å². The molecule has 0 N–H and O–H groups in total. The summed E-state index contributed by atoms with van der Waals surface area (Å²) in [6.45, 7) is -0.547. The van der Waals surface area contributed by atoms with Gasteiger partial charge in [0.25, 0.3) is 0 Å². The van der Waals surface area contributed by atoms with Crippen LogP contribution in [0, 0.1) is 0 Å². The van der Waals surface area contributed by atoms with Gasteiger partial charge in [0.15, 0.2) is 0 Å². The van der Waals surface area contributed by atoms with E-state index in [2.05, 4.69) is 5.10 Å². The maximum atomic E-state index is 13.3. The molecule has 0 bridgehead atoms. The van der Waals surface area contributed by atoms with Crippen LogP contribution in [-0.4, -0.2) is 16.9 Å². The highest BCUT2D eigenvalue weighted by Gasteiger charge is 2.12. The fraction of sp³-hybridized carbons (Fsp3) is 0.118. The van der Waals surface area contributed by atoms with E-state index in [0.717, 1.165) is 17.0 Å². The van der Waals surface area contributed by atoms with Crippen LogP contribution >= 0.6 is 0 Å². The average molecular weight is 282 g/mol. The van der Waals surface area contributed by atoms with Crippen molar-refractivity contribution in [2.24, 2.45) is 0 Å². The highest BCUT2D eigenvalue weighted by Crippen LogP contribution is 2.26. The van der Waals surface area contributed by atoms with Crippen molar-refractivity contribution < 1.29 is 9.13 Å². The maximum Gasteiger partial charge on any atom is 0.118 e. The first-order valence-electron chi connectivity index (χ1n) is 6.66. The van der Waals surface area contributed by atoms with E-state index < -0.39 is 6.67 Å². The first kappa shape index (κ1) is 13.4. The van der Waals surface area contributed by atoms with Crippen LogP contribution in [0.2, 0.25) is 0 Å². The molecule has 0 aliphatic carbocycles. The van der Waals surface area contributed by atoms with E-state index in [0.29, 0.717) is 11.3 Å². The molecule has 0 atom stereocenters. The van der Waals surface area contributed by atoms with Gasteiger partial charge in [-0.1, -0.05) is 18.2 Å². The monoisotopic (exact) mass is 282 g/mol. The van der Waals surface area contributed by atoms with Crippen LogP contribution < -0.4 is 4.74 Å². The molecule has 3 nitrogen and oxygen atoms in total. The van der Waals surface area contributed by atoms with E-state index in [9.17, 15) is 4.39 Å². The first-order valence-corrected chi connectivity index (χ1v) is 6.66. The van der Waals surface area contributed by atoms with Gasteiger partial charge in [0.1, 0.15) is 12.4 Å². The van der Waals surface area contributed by atoms with Crippen LogP contribution in [0.5, 0.6) is 5.75 Å². The van der Waals surface area contributed by atoms with Crippen molar-refractivity contribution in [1.82, 2.24) is 9.78 Å². The molecule has 0 unspecified atom stereocenters. The SMILES string of the molecule is COc1ccc(-c2nn(-c3ccccc3)cc2CF)cc1. The van der Waals surface area contributed by atoms with Gasteiger partial charge in [-0.05, 0) is 36.4 Å². The molecule has 0 radical (unpaired) electrons. The summed E-state index contributed by atoms with van der Waals surface area (Å²) < 4.78 is 20.1. The molecular weight excluding hydrogens is 267 g/mol. The van der Waals surface area contributed by atoms with Crippen LogP contribution in [0.4, 0.5) is 4.39 Å². The van der Waals surface area contributed by atoms with Crippen LogP contribution in [0.15, 0.2) is 60.8 Å². The number of aromatic nitrogens is 2. The lowest BCUT2D eigenvalue weighted by molar-refractivity contribution is 0.415. The van der Waals surface area contributed by atoms with E-state index in [1.807, 2.05) is 54.6 Å². The summed E-state index contributed by atoms with van der Waals surface area (Å²) in [6.07, 6.45) is 1.73. The van der Waals surface area contributed by atoms with Gasteiger partial charge in [-0.25, -0.2) is 9.07 Å². The molecule has 0 saturated carbocycles. The minimum Gasteiger partial charge on any atom is -0.497 e. The Labute approximate surface area is 122 Å². The van der Waals surface area contributed by atoms with Crippen molar-refractivity contribution >= 4 is 0 Å². The van der Waals surface area contributed by atoms with Crippen molar-refractivity contribution in [3.63, 3.8) is 0 Å². The van der Waals surface area contributed by atoms with Crippen LogP contribution in [0.3, 0.4) is 0 Å². The minimum absolute atomic E-state index is 0.547. The van der Waals surface area contributed by atoms with E-state index in [-0.39, 0.29) is 0 Å². The summed E-state index contributed by atoms with van der Waals surface area (Å²) in [5, 5.41) is 4.51. The second kappa shape index (κ2) is 5.79. The Hall–Kier alpha value is -2.62. The molecule has 2 aromatic carbocycles. The molecule has 106 valence electrons. The first-order chi connectivity index (χ1) is 10.3. The number of halogens is 1. The normalized spacial score (nSPS) is 10.6. The van der Waals surface area contributed by atoms with Gasteiger partial charge in [0, 0.05) is 17.3 Å². The fourth-order valence-corrected chi connectivity index (χ4v) is 2.21. The molecule has 0 aliphatic rings. The van der Waals surface area contributed by atoms with E-state index >= 15 is 0 Å². The highest BCUT2D eigenvalue weighted by molar-refractivity contribution is 5.64. The molecule has 1 heterocycles. The quantitative estimate of drug-likeness (QED) is 0.722. The number of nitrogens with zero attached hydrogens (tertiary/aromatic N) is 2. The van der Waals surface area contributed by atoms with Crippen molar-refractivity contribution in [1.29, 1.82) is 0 Å². The summed E-state index contributed by atoms with van der Waals surface area (Å²) in [4.78, 5) is 0. The minimum atomic E-state index is -0.547. The maximum absolute atomic E-state index is 13.3. The number of benzene rings is 2. The topological polar surface area (TPSA) is 27.1 Å². The number of hydrogen-bond acceptors (Lipinski definition) is 2. The van der Waals surface area contributed by atoms with Gasteiger partial charge in [0.2, 0.25) is 0 Å². The third-order valence-corrected chi connectivity index (χ3v) is 3.32. The standard InChI is InChI=1S/C17H15FN2O/c1-21-16-9-7-13(8-10-16)17-14(11-18)12-20(19-17)15-5-3-2-4-6-15/h2-10,12H,11H2,1H3. The number of ether oxygens (including phenoxy) is 1. The lowest BCUT2D eigenvalue weighted by Crippen LogP contribution is -1.94. The zero-order valence-corrected chi connectivity index (χ0v) is 11.7. The number of para-hydroxylation sites is 1. The molecule has 0 fully saturated rings. The van der Waals surface area contributed by atoms with Crippen molar-refractivity contribution in [3.05, 3.63) is 66.4 Å². The number of methoxy groups -OCH3 is 1. The third kappa shape index (κ3) is 2.65. The number of alkyl halides is 1. The Balaban J connectivity index is 2.03. The lowest BCUT2D eigenvalue weighted by Gasteiger charge is -2.02. The number of hydrogen-bond donors (Lipinski definition) is 0. The molecule has 4 heteroatoms. The smallest absolute Gasteiger partial charge is 0.118 e. The Bertz CT molecular complexity index is 720. The summed E-state index contributed by atoms with van der Waals surface area (Å²) >= 11 is 0. The summed E-state index contributed by atoms with van der Waals surface area (Å²) in [7, 11) is 1.62. The Morgan fingerprint density at radius 3 is 2.38 bits per heavy atom. The highest BCUT2D eigenvalue weighted by atomic mass is 19.1. The molecule has 0 amide bonds. The van der Waals surface area contributed by atoms with Gasteiger partial charge in [-0.3, -0.25) is 0 Å². The van der Waals surface area contributed by atoms with Gasteiger partial charge in [-0.2, -0.15) is 5.10 Å². The molecule has 0 spiro atoms. The molecule has 21 heavy (non-hydrogen) atoms. The summed E-state index contributed by atoms with van der Waals surface area (Å²) in [6, 6.07) is 17.1. The second-order valence-electron chi connectivity index (χ2n) is 4.65. The Kier molecular flexibility index (Phi) is 3.69. The van der Waals surface area contributed by atoms with Crippen molar-refractivity contribution in [2.45, 2.75) is 6.67 Å². The summed E-state index contributed by atoms with van der Waals surface area (Å²) in [5.74, 6) is 0.767. The largest absolute Gasteiger partial charge is 0.497 e. The van der Waals surface area contributed by atoms with Gasteiger partial charge in [0.05, 0.1) is 18.5 Å². The third-order valence-electron chi connectivity index (χ3n) is 3.32. The Morgan fingerprint density at radius 2 is 1.76 bits per heavy atom. The number of rotatable bonds is 4. The Morgan fingerprint density at radius 1 is 1.05 bits per heavy atom. The van der Waals surface area contributed by atoms with Crippen LogP contribution in [0.1, 0.15) is 5.56 Å². The molecular formula is C17H15FN2O. The van der Waals surface area contributed by atoms with Gasteiger partial charge < -0.3 is 4.74 Å². The second-order valence-corrected chi connectivity index (χ2v) is 4.65. The zero-order chi connectivity index (χ0) is 14.7. The van der Waals surface area contributed by atoms with E-state index in [1.54, 1.807) is 18.0 Å². The van der Waals surface area contributed by atoms with Crippen molar-refractivity contribution in [2.75, 3.05) is 7.11 Å². The zero-order valence-electron chi connectivity index (χ0n) is 11.7. The van der Waals surface area contributed by atoms with Crippen LogP contribution in [-0.2, 0) is 6.67 Å². The molecule has 3 rings (SSSR count). The van der Waals surface area contributed by atoms with Crippen molar-refractivity contribution in [3.8, 4) is 22.7 Å². The van der Waals surface area contributed by atoms with E-state index in [4.69, 9.17) is 4.74 Å². The average Bonchev–Trinajstić information content (AvgIpc) is 3.00. The van der Waals surface area contributed by atoms with Crippen LogP contribution in [0.25, 0.3) is 16.9 Å². The van der Waals surface area contributed by atoms with Gasteiger partial charge >= 0.3 is 0 Å². The molecule has 0 saturated heterocycles. The lowest BCUT2D eigenvalue weighted by atomic mass is 10.1. The fourth-order valence-electron chi connectivity index (χ4n) is 2.21. The molecule has 3 aromatic rings. The van der Waals surface area contributed by atoms with Gasteiger partial charge in [-0.15, -0.1) is 0 Å². The molecule has 1 aromatic heterocycles. The summed E-state index contributed by atoms with van der Waals surface area (Å²) in [5.41, 5.74) is 3.01. The predicted octanol–water partition coefficient (Wildman–Crippen LogP) is 4.02. The predicted molar refractivity (Wildman–Crippen MR) is 80.4 cm³/mol. The molecule has 0 aliphatic heterocycles.